The molecule has 2 bridgehead atoms. The zero-order valence-electron chi connectivity index (χ0n) is 15.0. The Bertz CT molecular complexity index is 626. The van der Waals surface area contributed by atoms with Gasteiger partial charge in [-0.2, -0.15) is 0 Å². The van der Waals surface area contributed by atoms with Crippen LogP contribution >= 0.6 is 0 Å². The zero-order chi connectivity index (χ0) is 18.0. The number of nitrogens with zero attached hydrogens (tertiary/aromatic N) is 1. The molecule has 0 spiro atoms. The molecule has 2 saturated heterocycles. The minimum atomic E-state index is -0.517. The van der Waals surface area contributed by atoms with E-state index in [0.29, 0.717) is 0 Å². The highest BCUT2D eigenvalue weighted by atomic mass is 16.6. The van der Waals surface area contributed by atoms with E-state index in [2.05, 4.69) is 5.32 Å². The normalized spacial score (nSPS) is 24.9. The fourth-order valence-corrected chi connectivity index (χ4v) is 3.66. The van der Waals surface area contributed by atoms with E-state index in [1.807, 2.05) is 51.1 Å². The summed E-state index contributed by atoms with van der Waals surface area (Å²) >= 11 is 0. The average Bonchev–Trinajstić information content (AvgIpc) is 3.10. The van der Waals surface area contributed by atoms with Crippen LogP contribution in [-0.4, -0.2) is 40.8 Å². The van der Waals surface area contributed by atoms with Crippen molar-refractivity contribution in [3.63, 3.8) is 0 Å². The largest absolute Gasteiger partial charge is 0.445 e. The third-order valence-corrected chi connectivity index (χ3v) is 4.66. The Hall–Kier alpha value is -2.24. The first-order valence-electron chi connectivity index (χ1n) is 8.82. The topological polar surface area (TPSA) is 67.9 Å². The molecule has 3 atom stereocenters. The molecule has 0 aromatic heterocycles. The maximum Gasteiger partial charge on any atom is 0.410 e. The van der Waals surface area contributed by atoms with Crippen LogP contribution in [0.15, 0.2) is 30.3 Å². The summed E-state index contributed by atoms with van der Waals surface area (Å²) in [7, 11) is 0. The molecule has 25 heavy (non-hydrogen) atoms. The number of ether oxygens (including phenoxy) is 2. The van der Waals surface area contributed by atoms with Crippen LogP contribution in [0.4, 0.5) is 9.59 Å². The van der Waals surface area contributed by atoms with Crippen molar-refractivity contribution in [3.05, 3.63) is 35.9 Å². The van der Waals surface area contributed by atoms with Crippen molar-refractivity contribution in [1.29, 1.82) is 0 Å². The molecule has 0 aliphatic carbocycles. The van der Waals surface area contributed by atoms with E-state index in [1.54, 1.807) is 4.90 Å². The monoisotopic (exact) mass is 346 g/mol. The molecule has 2 aliphatic rings. The van der Waals surface area contributed by atoms with Crippen LogP contribution in [0.2, 0.25) is 0 Å². The summed E-state index contributed by atoms with van der Waals surface area (Å²) in [5, 5.41) is 2.92. The van der Waals surface area contributed by atoms with Crippen LogP contribution in [-0.2, 0) is 16.1 Å². The molecule has 6 nitrogen and oxygen atoms in total. The predicted molar refractivity (Wildman–Crippen MR) is 93.1 cm³/mol. The average molecular weight is 346 g/mol. The van der Waals surface area contributed by atoms with Gasteiger partial charge in [-0.3, -0.25) is 0 Å². The van der Waals surface area contributed by atoms with Crippen LogP contribution in [0.1, 0.15) is 45.6 Å². The Morgan fingerprint density at radius 1 is 1.20 bits per heavy atom. The fourth-order valence-electron chi connectivity index (χ4n) is 3.66. The first-order valence-corrected chi connectivity index (χ1v) is 8.82. The number of amides is 2. The quantitative estimate of drug-likeness (QED) is 0.910. The number of rotatable bonds is 3. The van der Waals surface area contributed by atoms with Gasteiger partial charge in [0.2, 0.25) is 0 Å². The maximum atomic E-state index is 12.4. The van der Waals surface area contributed by atoms with Gasteiger partial charge < -0.3 is 19.7 Å². The number of benzene rings is 1. The number of carbonyl (C=O) groups excluding carboxylic acids is 2. The lowest BCUT2D eigenvalue weighted by Crippen LogP contribution is -2.46. The molecule has 2 fully saturated rings. The molecular weight excluding hydrogens is 320 g/mol. The third-order valence-electron chi connectivity index (χ3n) is 4.66. The molecule has 1 N–H and O–H groups in total. The van der Waals surface area contributed by atoms with Gasteiger partial charge in [0.1, 0.15) is 12.2 Å². The molecule has 2 heterocycles. The number of hydrogen-bond donors (Lipinski definition) is 1. The first kappa shape index (κ1) is 17.6. The molecule has 0 radical (unpaired) electrons. The summed E-state index contributed by atoms with van der Waals surface area (Å²) in [5.74, 6) is 0. The van der Waals surface area contributed by atoms with Crippen LogP contribution < -0.4 is 5.32 Å². The molecule has 6 heteroatoms. The lowest BCUT2D eigenvalue weighted by molar-refractivity contribution is 0.0209. The molecule has 136 valence electrons. The van der Waals surface area contributed by atoms with Gasteiger partial charge in [0.05, 0.1) is 12.1 Å². The molecule has 0 saturated carbocycles. The fraction of sp³-hybridized carbons (Fsp3) is 0.579. The lowest BCUT2D eigenvalue weighted by Gasteiger charge is -2.28. The summed E-state index contributed by atoms with van der Waals surface area (Å²) in [6.07, 6.45) is 1.87. The highest BCUT2D eigenvalue weighted by Gasteiger charge is 2.50. The number of nitrogens with one attached hydrogen (secondary N) is 1. The van der Waals surface area contributed by atoms with Crippen LogP contribution in [0, 0.1) is 0 Å². The standard InChI is InChI=1S/C19H26N2O4/c1-19(2,3)25-18(23)21-14-9-10-16(21)15(11-14)20-17(22)24-12-13-7-5-4-6-8-13/h4-8,14-16H,9-12H2,1-3H3,(H,20,22)/t14-,15+,16-/m0/s1. The second-order valence-corrected chi connectivity index (χ2v) is 7.73. The van der Waals surface area contributed by atoms with Crippen molar-refractivity contribution in [1.82, 2.24) is 10.2 Å². The zero-order valence-corrected chi connectivity index (χ0v) is 15.0. The molecular formula is C19H26N2O4. The van der Waals surface area contributed by atoms with E-state index in [-0.39, 0.29) is 30.8 Å². The smallest absolute Gasteiger partial charge is 0.410 e. The van der Waals surface area contributed by atoms with Crippen molar-refractivity contribution >= 4 is 12.2 Å². The minimum Gasteiger partial charge on any atom is -0.445 e. The van der Waals surface area contributed by atoms with Crippen molar-refractivity contribution in [2.24, 2.45) is 0 Å². The Balaban J connectivity index is 1.52. The van der Waals surface area contributed by atoms with Gasteiger partial charge in [-0.1, -0.05) is 30.3 Å². The van der Waals surface area contributed by atoms with E-state index in [0.717, 1.165) is 24.8 Å². The lowest BCUT2D eigenvalue weighted by atomic mass is 9.96. The van der Waals surface area contributed by atoms with Gasteiger partial charge in [-0.05, 0) is 45.6 Å². The summed E-state index contributed by atoms with van der Waals surface area (Å²) in [5.41, 5.74) is 0.428. The summed E-state index contributed by atoms with van der Waals surface area (Å²) < 4.78 is 10.8. The molecule has 1 aromatic rings. The first-order chi connectivity index (χ1) is 11.8. The Kier molecular flexibility index (Phi) is 4.88. The Morgan fingerprint density at radius 2 is 1.92 bits per heavy atom. The van der Waals surface area contributed by atoms with Crippen molar-refractivity contribution in [3.8, 4) is 0 Å². The van der Waals surface area contributed by atoms with Gasteiger partial charge in [0.25, 0.3) is 0 Å². The van der Waals surface area contributed by atoms with Crippen LogP contribution in [0.5, 0.6) is 0 Å². The summed E-state index contributed by atoms with van der Waals surface area (Å²) in [6, 6.07) is 9.61. The van der Waals surface area contributed by atoms with Gasteiger partial charge in [-0.25, -0.2) is 9.59 Å². The second-order valence-electron chi connectivity index (χ2n) is 7.73. The number of carbonyl (C=O) groups is 2. The van der Waals surface area contributed by atoms with Gasteiger partial charge in [0.15, 0.2) is 0 Å². The highest BCUT2D eigenvalue weighted by Crippen LogP contribution is 2.38. The van der Waals surface area contributed by atoms with Crippen LogP contribution in [0.25, 0.3) is 0 Å². The highest BCUT2D eigenvalue weighted by molar-refractivity contribution is 5.71. The SMILES string of the molecule is CC(C)(C)OC(=O)N1[C@H]2CC[C@H]1[C@H](NC(=O)OCc1ccccc1)C2. The second kappa shape index (κ2) is 6.94. The van der Waals surface area contributed by atoms with Crippen molar-refractivity contribution in [2.75, 3.05) is 0 Å². The Morgan fingerprint density at radius 3 is 2.60 bits per heavy atom. The van der Waals surface area contributed by atoms with Gasteiger partial charge >= 0.3 is 12.2 Å². The van der Waals surface area contributed by atoms with E-state index in [4.69, 9.17) is 9.47 Å². The third kappa shape index (κ3) is 4.24. The molecule has 0 unspecified atom stereocenters. The molecule has 3 rings (SSSR count). The molecule has 2 amide bonds. The van der Waals surface area contributed by atoms with Crippen molar-refractivity contribution < 1.29 is 19.1 Å². The Labute approximate surface area is 148 Å². The van der Waals surface area contributed by atoms with E-state index in [9.17, 15) is 9.59 Å². The summed E-state index contributed by atoms with van der Waals surface area (Å²) in [6.45, 7) is 5.82. The predicted octanol–water partition coefficient (Wildman–Crippen LogP) is 3.45. The number of hydrogen-bond acceptors (Lipinski definition) is 4. The molecule has 2 aliphatic heterocycles. The van der Waals surface area contributed by atoms with E-state index in [1.165, 1.54) is 0 Å². The van der Waals surface area contributed by atoms with E-state index < -0.39 is 11.7 Å². The van der Waals surface area contributed by atoms with E-state index >= 15 is 0 Å². The number of fused-ring (bicyclic) bond motifs is 2. The van der Waals surface area contributed by atoms with Crippen molar-refractivity contribution in [2.45, 2.75) is 70.4 Å². The minimum absolute atomic E-state index is 0.0101. The van der Waals surface area contributed by atoms with Gasteiger partial charge in [-0.15, -0.1) is 0 Å². The van der Waals surface area contributed by atoms with Gasteiger partial charge in [0, 0.05) is 6.04 Å². The maximum absolute atomic E-state index is 12.4. The van der Waals surface area contributed by atoms with Crippen LogP contribution in [0.3, 0.4) is 0 Å². The summed E-state index contributed by atoms with van der Waals surface area (Å²) in [4.78, 5) is 26.3. The molecule has 1 aromatic carbocycles. The number of alkyl carbamates (subject to hydrolysis) is 1.